The number of rotatable bonds is 4. The molecule has 1 N–H and O–H groups in total. The van der Waals surface area contributed by atoms with Crippen molar-refractivity contribution < 1.29 is 18.7 Å². The summed E-state index contributed by atoms with van der Waals surface area (Å²) in [6.07, 6.45) is -0.0977. The van der Waals surface area contributed by atoms with Gasteiger partial charge in [0.1, 0.15) is 5.69 Å². The summed E-state index contributed by atoms with van der Waals surface area (Å²) in [7, 11) is 1.75. The molecule has 0 aromatic carbocycles. The summed E-state index contributed by atoms with van der Waals surface area (Å²) in [4.78, 5) is 21.2. The standard InChI is InChI=1S/C16H19F2N5O2/c1-9-11(8-22(2)21-9)12-7-13(14(17)18)20-16(19-12)23-5-3-10(4-6-23)15(24)25/h7-8,10,14H,3-6H2,1-2H3,(H,24,25). The van der Waals surface area contributed by atoms with E-state index < -0.39 is 18.3 Å². The molecule has 1 aliphatic heterocycles. The Balaban J connectivity index is 1.94. The maximum absolute atomic E-state index is 13.3. The minimum Gasteiger partial charge on any atom is -0.481 e. The lowest BCUT2D eigenvalue weighted by Crippen LogP contribution is -2.37. The van der Waals surface area contributed by atoms with Crippen molar-refractivity contribution >= 4 is 11.9 Å². The van der Waals surface area contributed by atoms with E-state index in [2.05, 4.69) is 15.1 Å². The zero-order valence-electron chi connectivity index (χ0n) is 14.0. The molecule has 3 heterocycles. The summed E-state index contributed by atoms with van der Waals surface area (Å²) in [6, 6.07) is 1.28. The normalized spacial score (nSPS) is 15.8. The molecule has 0 unspecified atom stereocenters. The molecule has 25 heavy (non-hydrogen) atoms. The Kier molecular flexibility index (Phi) is 4.65. The van der Waals surface area contributed by atoms with Crippen LogP contribution in [0, 0.1) is 12.8 Å². The average Bonchev–Trinajstić information content (AvgIpc) is 2.93. The van der Waals surface area contributed by atoms with Crippen LogP contribution in [-0.2, 0) is 11.8 Å². The van der Waals surface area contributed by atoms with Gasteiger partial charge in [-0.15, -0.1) is 0 Å². The Morgan fingerprint density at radius 2 is 2.00 bits per heavy atom. The zero-order chi connectivity index (χ0) is 18.1. The summed E-state index contributed by atoms with van der Waals surface area (Å²) >= 11 is 0. The number of aromatic nitrogens is 4. The van der Waals surface area contributed by atoms with Crippen LogP contribution in [0.5, 0.6) is 0 Å². The van der Waals surface area contributed by atoms with Crippen LogP contribution in [0.3, 0.4) is 0 Å². The van der Waals surface area contributed by atoms with Crippen LogP contribution in [0.25, 0.3) is 11.3 Å². The number of piperidine rings is 1. The monoisotopic (exact) mass is 351 g/mol. The smallest absolute Gasteiger partial charge is 0.306 e. The number of aryl methyl sites for hydroxylation is 2. The van der Waals surface area contributed by atoms with Crippen LogP contribution in [0.15, 0.2) is 12.3 Å². The molecule has 0 saturated carbocycles. The van der Waals surface area contributed by atoms with E-state index in [9.17, 15) is 13.6 Å². The molecular weight excluding hydrogens is 332 g/mol. The Morgan fingerprint density at radius 1 is 1.32 bits per heavy atom. The lowest BCUT2D eigenvalue weighted by Gasteiger charge is -2.30. The van der Waals surface area contributed by atoms with Crippen molar-refractivity contribution in [2.75, 3.05) is 18.0 Å². The molecule has 2 aromatic heterocycles. The highest BCUT2D eigenvalue weighted by Gasteiger charge is 2.27. The Morgan fingerprint density at radius 3 is 2.52 bits per heavy atom. The second-order valence-corrected chi connectivity index (χ2v) is 6.18. The number of aliphatic carboxylic acids is 1. The van der Waals surface area contributed by atoms with E-state index in [0.29, 0.717) is 42.9 Å². The van der Waals surface area contributed by atoms with Gasteiger partial charge in [-0.3, -0.25) is 9.48 Å². The number of alkyl halides is 2. The number of carboxylic acid groups (broad SMARTS) is 1. The molecule has 9 heteroatoms. The third-order valence-corrected chi connectivity index (χ3v) is 4.37. The first-order chi connectivity index (χ1) is 11.8. The fourth-order valence-corrected chi connectivity index (χ4v) is 3.02. The van der Waals surface area contributed by atoms with Crippen LogP contribution in [0.2, 0.25) is 0 Å². The van der Waals surface area contributed by atoms with Crippen molar-refractivity contribution in [2.45, 2.75) is 26.2 Å². The van der Waals surface area contributed by atoms with Crippen LogP contribution >= 0.6 is 0 Å². The number of carboxylic acids is 1. The minimum atomic E-state index is -2.71. The van der Waals surface area contributed by atoms with Crippen molar-refractivity contribution in [3.05, 3.63) is 23.7 Å². The van der Waals surface area contributed by atoms with Gasteiger partial charge in [0, 0.05) is 31.9 Å². The molecule has 1 fully saturated rings. The van der Waals surface area contributed by atoms with Gasteiger partial charge in [0.25, 0.3) is 6.43 Å². The third-order valence-electron chi connectivity index (χ3n) is 4.37. The van der Waals surface area contributed by atoms with Crippen molar-refractivity contribution in [3.8, 4) is 11.3 Å². The molecule has 0 amide bonds. The van der Waals surface area contributed by atoms with Crippen LogP contribution in [0.4, 0.5) is 14.7 Å². The second-order valence-electron chi connectivity index (χ2n) is 6.18. The maximum Gasteiger partial charge on any atom is 0.306 e. The highest BCUT2D eigenvalue weighted by atomic mass is 19.3. The van der Waals surface area contributed by atoms with Gasteiger partial charge in [-0.2, -0.15) is 5.10 Å². The predicted molar refractivity (Wildman–Crippen MR) is 86.5 cm³/mol. The number of nitrogens with zero attached hydrogens (tertiary/aromatic N) is 5. The molecule has 0 bridgehead atoms. The van der Waals surface area contributed by atoms with Crippen molar-refractivity contribution in [2.24, 2.45) is 13.0 Å². The largest absolute Gasteiger partial charge is 0.481 e. The lowest BCUT2D eigenvalue weighted by molar-refractivity contribution is -0.142. The molecular formula is C16H19F2N5O2. The van der Waals surface area contributed by atoms with Crippen molar-refractivity contribution in [1.82, 2.24) is 19.7 Å². The fraction of sp³-hybridized carbons (Fsp3) is 0.500. The first kappa shape index (κ1) is 17.2. The van der Waals surface area contributed by atoms with Gasteiger partial charge in [-0.25, -0.2) is 18.7 Å². The van der Waals surface area contributed by atoms with Gasteiger partial charge < -0.3 is 10.0 Å². The molecule has 2 aromatic rings. The quantitative estimate of drug-likeness (QED) is 0.911. The topological polar surface area (TPSA) is 84.1 Å². The molecule has 0 spiro atoms. The summed E-state index contributed by atoms with van der Waals surface area (Å²) in [5, 5.41) is 13.3. The molecule has 1 aliphatic rings. The lowest BCUT2D eigenvalue weighted by atomic mass is 9.97. The van der Waals surface area contributed by atoms with E-state index in [1.54, 1.807) is 29.7 Å². The van der Waals surface area contributed by atoms with Gasteiger partial charge >= 0.3 is 5.97 Å². The SMILES string of the molecule is Cc1nn(C)cc1-c1cc(C(F)F)nc(N2CCC(C(=O)O)CC2)n1. The molecule has 1 saturated heterocycles. The predicted octanol–water partition coefficient (Wildman–Crippen LogP) is 2.42. The zero-order valence-corrected chi connectivity index (χ0v) is 14.0. The van der Waals surface area contributed by atoms with Gasteiger partial charge in [0.15, 0.2) is 0 Å². The molecule has 0 atom stereocenters. The average molecular weight is 351 g/mol. The van der Waals surface area contributed by atoms with E-state index in [1.807, 2.05) is 0 Å². The summed E-state index contributed by atoms with van der Waals surface area (Å²) in [5.41, 5.74) is 1.42. The molecule has 0 aliphatic carbocycles. The Labute approximate surface area is 143 Å². The van der Waals surface area contributed by atoms with Gasteiger partial charge in [0.2, 0.25) is 5.95 Å². The molecule has 3 rings (SSSR count). The summed E-state index contributed by atoms with van der Waals surface area (Å²) in [6.45, 7) is 2.64. The number of carbonyl (C=O) groups is 1. The second kappa shape index (κ2) is 6.73. The van der Waals surface area contributed by atoms with Crippen LogP contribution in [-0.4, -0.2) is 43.9 Å². The number of hydrogen-bond acceptors (Lipinski definition) is 5. The first-order valence-corrected chi connectivity index (χ1v) is 8.00. The molecule has 7 nitrogen and oxygen atoms in total. The molecule has 134 valence electrons. The van der Waals surface area contributed by atoms with Crippen LogP contribution in [0.1, 0.15) is 30.7 Å². The number of hydrogen-bond donors (Lipinski definition) is 1. The van der Waals surface area contributed by atoms with Gasteiger partial charge in [-0.05, 0) is 25.8 Å². The highest BCUT2D eigenvalue weighted by molar-refractivity contribution is 5.70. The Bertz CT molecular complexity index is 785. The van der Waals surface area contributed by atoms with Crippen LogP contribution < -0.4 is 4.90 Å². The van der Waals surface area contributed by atoms with E-state index in [0.717, 1.165) is 0 Å². The van der Waals surface area contributed by atoms with Crippen molar-refractivity contribution in [3.63, 3.8) is 0 Å². The van der Waals surface area contributed by atoms with E-state index in [-0.39, 0.29) is 11.6 Å². The Hall–Kier alpha value is -2.58. The van der Waals surface area contributed by atoms with Crippen molar-refractivity contribution in [1.29, 1.82) is 0 Å². The highest BCUT2D eigenvalue weighted by Crippen LogP contribution is 2.29. The number of anilines is 1. The fourth-order valence-electron chi connectivity index (χ4n) is 3.02. The van der Waals surface area contributed by atoms with E-state index >= 15 is 0 Å². The van der Waals surface area contributed by atoms with E-state index in [4.69, 9.17) is 5.11 Å². The summed E-state index contributed by atoms with van der Waals surface area (Å²) in [5.74, 6) is -1.02. The van der Waals surface area contributed by atoms with E-state index in [1.165, 1.54) is 6.07 Å². The van der Waals surface area contributed by atoms with Gasteiger partial charge in [-0.1, -0.05) is 0 Å². The first-order valence-electron chi connectivity index (χ1n) is 8.00. The third kappa shape index (κ3) is 3.59. The number of halogens is 2. The maximum atomic E-state index is 13.3. The minimum absolute atomic E-state index is 0.208. The summed E-state index contributed by atoms with van der Waals surface area (Å²) < 4.78 is 28.2. The van der Waals surface area contributed by atoms with Gasteiger partial charge in [0.05, 0.1) is 17.3 Å². The molecule has 0 radical (unpaired) electrons.